The third-order valence-corrected chi connectivity index (χ3v) is 4.76. The van der Waals surface area contributed by atoms with Gasteiger partial charge < -0.3 is 5.73 Å². The van der Waals surface area contributed by atoms with Crippen molar-refractivity contribution in [2.45, 2.75) is 32.2 Å². The Kier molecular flexibility index (Phi) is 3.26. The van der Waals surface area contributed by atoms with Crippen LogP contribution in [0, 0.1) is 10.8 Å². The van der Waals surface area contributed by atoms with Crippen LogP contribution in [-0.2, 0) is 0 Å². The van der Waals surface area contributed by atoms with Crippen LogP contribution in [0.2, 0.25) is 0 Å². The highest BCUT2D eigenvalue weighted by atomic mass is 32.2. The Morgan fingerprint density at radius 1 is 1.60 bits per heavy atom. The van der Waals surface area contributed by atoms with Gasteiger partial charge in [0.05, 0.1) is 5.84 Å². The first-order valence-corrected chi connectivity index (χ1v) is 6.91. The zero-order chi connectivity index (χ0) is 10.9. The average Bonchev–Trinajstić information content (AvgIpc) is 2.88. The molecule has 3 N–H and O–H groups in total. The second-order valence-corrected chi connectivity index (χ2v) is 6.25. The van der Waals surface area contributed by atoms with Gasteiger partial charge in [0.1, 0.15) is 0 Å². The van der Waals surface area contributed by atoms with Gasteiger partial charge in [-0.15, -0.1) is 0 Å². The van der Waals surface area contributed by atoms with E-state index < -0.39 is 0 Å². The summed E-state index contributed by atoms with van der Waals surface area (Å²) in [6.45, 7) is 4.69. The molecule has 15 heavy (non-hydrogen) atoms. The monoisotopic (exact) mass is 227 g/mol. The minimum absolute atomic E-state index is 0.367. The minimum atomic E-state index is 0.367. The fraction of sp³-hybridized carbons (Fsp3) is 0.909. The predicted molar refractivity (Wildman–Crippen MR) is 66.6 cm³/mol. The van der Waals surface area contributed by atoms with E-state index in [0.717, 1.165) is 13.0 Å². The maximum Gasteiger partial charge on any atom is 0.0911 e. The van der Waals surface area contributed by atoms with E-state index in [2.05, 4.69) is 23.6 Å². The zero-order valence-electron chi connectivity index (χ0n) is 9.46. The van der Waals surface area contributed by atoms with Crippen molar-refractivity contribution in [2.75, 3.05) is 24.6 Å². The summed E-state index contributed by atoms with van der Waals surface area (Å²) in [7, 11) is 0. The van der Waals surface area contributed by atoms with Crippen LogP contribution in [0.4, 0.5) is 0 Å². The second kappa shape index (κ2) is 4.34. The SMILES string of the molecule is CC1CSCCN1CC1(CC(=N)N)CC1. The van der Waals surface area contributed by atoms with Crippen molar-refractivity contribution in [3.8, 4) is 0 Å². The molecule has 1 unspecified atom stereocenters. The fourth-order valence-electron chi connectivity index (χ4n) is 2.40. The Bertz CT molecular complexity index is 250. The van der Waals surface area contributed by atoms with Gasteiger partial charge >= 0.3 is 0 Å². The molecule has 0 bridgehead atoms. The summed E-state index contributed by atoms with van der Waals surface area (Å²) in [5.41, 5.74) is 5.90. The van der Waals surface area contributed by atoms with Gasteiger partial charge in [-0.05, 0) is 25.2 Å². The number of nitrogens with one attached hydrogen (secondary N) is 1. The number of hydrogen-bond donors (Lipinski definition) is 2. The van der Waals surface area contributed by atoms with Crippen LogP contribution in [0.5, 0.6) is 0 Å². The second-order valence-electron chi connectivity index (χ2n) is 5.10. The first-order chi connectivity index (χ1) is 7.11. The molecule has 1 aliphatic heterocycles. The van der Waals surface area contributed by atoms with Gasteiger partial charge in [0.15, 0.2) is 0 Å². The first-order valence-electron chi connectivity index (χ1n) is 5.76. The van der Waals surface area contributed by atoms with Crippen LogP contribution in [0.15, 0.2) is 0 Å². The molecule has 2 aliphatic rings. The number of nitrogens with two attached hydrogens (primary N) is 1. The Hall–Kier alpha value is -0.220. The lowest BCUT2D eigenvalue weighted by Gasteiger charge is -2.35. The highest BCUT2D eigenvalue weighted by molar-refractivity contribution is 7.99. The number of rotatable bonds is 4. The normalized spacial score (nSPS) is 30.1. The quantitative estimate of drug-likeness (QED) is 0.566. The molecule has 0 aromatic carbocycles. The van der Waals surface area contributed by atoms with Crippen LogP contribution in [0.1, 0.15) is 26.2 Å². The Morgan fingerprint density at radius 3 is 2.87 bits per heavy atom. The van der Waals surface area contributed by atoms with Gasteiger partial charge in [-0.2, -0.15) is 11.8 Å². The fourth-order valence-corrected chi connectivity index (χ4v) is 3.48. The molecule has 0 radical (unpaired) electrons. The molecule has 0 aromatic heterocycles. The van der Waals surface area contributed by atoms with Crippen LogP contribution in [-0.4, -0.2) is 41.4 Å². The molecule has 1 saturated carbocycles. The molecule has 0 spiro atoms. The summed E-state index contributed by atoms with van der Waals surface area (Å²) in [6, 6.07) is 0.702. The molecular formula is C11H21N3S. The van der Waals surface area contributed by atoms with Crippen LogP contribution in [0.25, 0.3) is 0 Å². The van der Waals surface area contributed by atoms with Gasteiger partial charge in [0.2, 0.25) is 0 Å². The van der Waals surface area contributed by atoms with E-state index in [4.69, 9.17) is 11.1 Å². The summed E-state index contributed by atoms with van der Waals surface area (Å²) in [5.74, 6) is 2.89. The zero-order valence-corrected chi connectivity index (χ0v) is 10.3. The maximum absolute atomic E-state index is 7.41. The lowest BCUT2D eigenvalue weighted by molar-refractivity contribution is 0.188. The molecule has 0 amide bonds. The highest BCUT2D eigenvalue weighted by Crippen LogP contribution is 2.49. The highest BCUT2D eigenvalue weighted by Gasteiger charge is 2.44. The van der Waals surface area contributed by atoms with E-state index in [1.165, 1.54) is 30.9 Å². The molecule has 1 heterocycles. The van der Waals surface area contributed by atoms with Gasteiger partial charge in [0, 0.05) is 37.1 Å². The lowest BCUT2D eigenvalue weighted by atomic mass is 10.0. The molecule has 4 heteroatoms. The van der Waals surface area contributed by atoms with E-state index in [0.29, 0.717) is 17.3 Å². The summed E-state index contributed by atoms with van der Waals surface area (Å²) < 4.78 is 0. The van der Waals surface area contributed by atoms with Crippen molar-refractivity contribution in [3.05, 3.63) is 0 Å². The van der Waals surface area contributed by atoms with Gasteiger partial charge in [-0.25, -0.2) is 0 Å². The van der Waals surface area contributed by atoms with E-state index in [1.54, 1.807) is 0 Å². The van der Waals surface area contributed by atoms with E-state index >= 15 is 0 Å². The average molecular weight is 227 g/mol. The Labute approximate surface area is 96.3 Å². The number of thioether (sulfide) groups is 1. The number of nitrogens with zero attached hydrogens (tertiary/aromatic N) is 1. The molecule has 2 fully saturated rings. The lowest BCUT2D eigenvalue weighted by Crippen LogP contribution is -2.44. The molecule has 86 valence electrons. The number of amidine groups is 1. The van der Waals surface area contributed by atoms with Crippen LogP contribution in [0.3, 0.4) is 0 Å². The van der Waals surface area contributed by atoms with Gasteiger partial charge in [-0.3, -0.25) is 10.3 Å². The first kappa shape index (κ1) is 11.3. The standard InChI is InChI=1S/C11H21N3S/c1-9-7-15-5-4-14(9)8-11(2-3-11)6-10(12)13/h9H,2-8H2,1H3,(H3,12,13). The molecule has 1 saturated heterocycles. The van der Waals surface area contributed by atoms with E-state index in [-0.39, 0.29) is 0 Å². The van der Waals surface area contributed by atoms with Crippen molar-refractivity contribution in [3.63, 3.8) is 0 Å². The van der Waals surface area contributed by atoms with E-state index in [1.807, 2.05) is 0 Å². The minimum Gasteiger partial charge on any atom is -0.388 e. The van der Waals surface area contributed by atoms with E-state index in [9.17, 15) is 0 Å². The Balaban J connectivity index is 1.87. The van der Waals surface area contributed by atoms with Crippen molar-refractivity contribution in [2.24, 2.45) is 11.1 Å². The maximum atomic E-state index is 7.41. The summed E-state index contributed by atoms with van der Waals surface area (Å²) in [4.78, 5) is 2.59. The summed E-state index contributed by atoms with van der Waals surface area (Å²) in [6.07, 6.45) is 3.34. The Morgan fingerprint density at radius 2 is 2.33 bits per heavy atom. The van der Waals surface area contributed by atoms with Crippen LogP contribution >= 0.6 is 11.8 Å². The molecular weight excluding hydrogens is 206 g/mol. The molecule has 2 rings (SSSR count). The molecule has 1 aliphatic carbocycles. The van der Waals surface area contributed by atoms with Crippen molar-refractivity contribution < 1.29 is 0 Å². The van der Waals surface area contributed by atoms with Gasteiger partial charge in [-0.1, -0.05) is 0 Å². The topological polar surface area (TPSA) is 53.1 Å². The van der Waals surface area contributed by atoms with Gasteiger partial charge in [0.25, 0.3) is 0 Å². The predicted octanol–water partition coefficient (Wildman–Crippen LogP) is 1.53. The number of hydrogen-bond acceptors (Lipinski definition) is 3. The molecule has 3 nitrogen and oxygen atoms in total. The van der Waals surface area contributed by atoms with Crippen molar-refractivity contribution >= 4 is 17.6 Å². The summed E-state index contributed by atoms with van der Waals surface area (Å²) >= 11 is 2.06. The molecule has 1 atom stereocenters. The van der Waals surface area contributed by atoms with Crippen molar-refractivity contribution in [1.82, 2.24) is 4.90 Å². The smallest absolute Gasteiger partial charge is 0.0911 e. The van der Waals surface area contributed by atoms with Crippen molar-refractivity contribution in [1.29, 1.82) is 5.41 Å². The molecule has 0 aromatic rings. The largest absolute Gasteiger partial charge is 0.388 e. The third kappa shape index (κ3) is 2.88. The van der Waals surface area contributed by atoms with Crippen LogP contribution < -0.4 is 5.73 Å². The summed E-state index contributed by atoms with van der Waals surface area (Å²) in [5, 5.41) is 7.41. The third-order valence-electron chi connectivity index (χ3n) is 3.57.